The number of aromatic hydroxyl groups is 1. The first-order valence-corrected chi connectivity index (χ1v) is 5.96. The molecule has 1 aromatic carbocycles. The van der Waals surface area contributed by atoms with Crippen LogP contribution in [0.2, 0.25) is 0 Å². The van der Waals surface area contributed by atoms with Gasteiger partial charge in [0.25, 0.3) is 0 Å². The van der Waals surface area contributed by atoms with E-state index < -0.39 is 0 Å². The molecule has 1 saturated heterocycles. The van der Waals surface area contributed by atoms with Gasteiger partial charge in [-0.15, -0.1) is 0 Å². The summed E-state index contributed by atoms with van der Waals surface area (Å²) in [6.07, 6.45) is 0. The smallest absolute Gasteiger partial charge is 0.115 e. The lowest BCUT2D eigenvalue weighted by molar-refractivity contribution is 0.108. The number of halogens is 1. The highest BCUT2D eigenvalue weighted by atomic mass is 79.9. The highest BCUT2D eigenvalue weighted by molar-refractivity contribution is 9.09. The number of benzene rings is 1. The van der Waals surface area contributed by atoms with Crippen molar-refractivity contribution in [2.45, 2.75) is 6.54 Å². The highest BCUT2D eigenvalue weighted by Gasteiger charge is 2.25. The summed E-state index contributed by atoms with van der Waals surface area (Å²) in [5, 5.41) is 10.4. The Labute approximate surface area is 92.7 Å². The molecular formula is C11H14BrNO. The van der Waals surface area contributed by atoms with E-state index in [9.17, 15) is 5.11 Å². The molecule has 1 aliphatic rings. The fraction of sp³-hybridized carbons (Fsp3) is 0.455. The quantitative estimate of drug-likeness (QED) is 0.838. The average molecular weight is 256 g/mol. The minimum Gasteiger partial charge on any atom is -0.508 e. The molecule has 14 heavy (non-hydrogen) atoms. The van der Waals surface area contributed by atoms with Gasteiger partial charge in [0.2, 0.25) is 0 Å². The van der Waals surface area contributed by atoms with E-state index in [1.54, 1.807) is 6.07 Å². The molecule has 0 atom stereocenters. The van der Waals surface area contributed by atoms with E-state index in [0.29, 0.717) is 5.75 Å². The Morgan fingerprint density at radius 2 is 2.21 bits per heavy atom. The zero-order chi connectivity index (χ0) is 9.97. The maximum atomic E-state index is 9.29. The summed E-state index contributed by atoms with van der Waals surface area (Å²) in [6, 6.07) is 7.50. The van der Waals surface area contributed by atoms with Gasteiger partial charge in [-0.05, 0) is 23.6 Å². The van der Waals surface area contributed by atoms with Crippen LogP contribution in [0.25, 0.3) is 0 Å². The summed E-state index contributed by atoms with van der Waals surface area (Å²) in [4.78, 5) is 2.39. The molecule has 1 aromatic rings. The van der Waals surface area contributed by atoms with E-state index >= 15 is 0 Å². The van der Waals surface area contributed by atoms with Crippen molar-refractivity contribution in [1.29, 1.82) is 0 Å². The number of hydrogen-bond acceptors (Lipinski definition) is 2. The van der Waals surface area contributed by atoms with Crippen molar-refractivity contribution in [2.75, 3.05) is 18.4 Å². The van der Waals surface area contributed by atoms with E-state index in [1.807, 2.05) is 12.1 Å². The first-order chi connectivity index (χ1) is 6.78. The first-order valence-electron chi connectivity index (χ1n) is 4.84. The monoisotopic (exact) mass is 255 g/mol. The van der Waals surface area contributed by atoms with E-state index in [1.165, 1.54) is 18.7 Å². The fourth-order valence-electron chi connectivity index (χ4n) is 1.82. The van der Waals surface area contributed by atoms with Crippen LogP contribution in [0, 0.1) is 5.92 Å². The molecule has 76 valence electrons. The van der Waals surface area contributed by atoms with Gasteiger partial charge in [0, 0.05) is 25.0 Å². The van der Waals surface area contributed by atoms with Gasteiger partial charge in [-0.3, -0.25) is 4.90 Å². The van der Waals surface area contributed by atoms with Crippen molar-refractivity contribution in [2.24, 2.45) is 5.92 Å². The molecule has 1 aliphatic heterocycles. The molecule has 2 nitrogen and oxygen atoms in total. The second kappa shape index (κ2) is 4.32. The molecule has 0 amide bonds. The molecule has 2 rings (SSSR count). The minimum absolute atomic E-state index is 0.361. The summed E-state index contributed by atoms with van der Waals surface area (Å²) in [5.41, 5.74) is 1.19. The van der Waals surface area contributed by atoms with Gasteiger partial charge >= 0.3 is 0 Å². The molecular weight excluding hydrogens is 242 g/mol. The molecule has 3 heteroatoms. The number of alkyl halides is 1. The Bertz CT molecular complexity index is 310. The van der Waals surface area contributed by atoms with Crippen molar-refractivity contribution in [3.63, 3.8) is 0 Å². The van der Waals surface area contributed by atoms with Crippen LogP contribution in [-0.4, -0.2) is 28.4 Å². The van der Waals surface area contributed by atoms with Gasteiger partial charge in [-0.1, -0.05) is 28.1 Å². The first kappa shape index (κ1) is 9.99. The van der Waals surface area contributed by atoms with Crippen LogP contribution in [0.15, 0.2) is 24.3 Å². The molecule has 0 radical (unpaired) electrons. The Hall–Kier alpha value is -0.540. The molecule has 1 N–H and O–H groups in total. The largest absolute Gasteiger partial charge is 0.508 e. The lowest BCUT2D eigenvalue weighted by Crippen LogP contribution is -2.46. The van der Waals surface area contributed by atoms with Crippen molar-refractivity contribution >= 4 is 15.9 Å². The lowest BCUT2D eigenvalue weighted by Gasteiger charge is -2.38. The number of hydrogen-bond donors (Lipinski definition) is 1. The molecule has 0 bridgehead atoms. The van der Waals surface area contributed by atoms with Crippen molar-refractivity contribution in [3.8, 4) is 5.75 Å². The van der Waals surface area contributed by atoms with Crippen molar-refractivity contribution in [1.82, 2.24) is 4.90 Å². The third-order valence-electron chi connectivity index (χ3n) is 2.57. The van der Waals surface area contributed by atoms with E-state index in [-0.39, 0.29) is 0 Å². The zero-order valence-corrected chi connectivity index (χ0v) is 9.57. The van der Waals surface area contributed by atoms with Crippen LogP contribution in [0.5, 0.6) is 5.75 Å². The van der Waals surface area contributed by atoms with E-state index in [2.05, 4.69) is 26.9 Å². The highest BCUT2D eigenvalue weighted by Crippen LogP contribution is 2.21. The number of phenolic OH excluding ortho intramolecular Hbond substituents is 1. The zero-order valence-electron chi connectivity index (χ0n) is 7.99. The number of phenols is 1. The van der Waals surface area contributed by atoms with Gasteiger partial charge in [-0.25, -0.2) is 0 Å². The third-order valence-corrected chi connectivity index (χ3v) is 3.48. The molecule has 0 aromatic heterocycles. The maximum Gasteiger partial charge on any atom is 0.115 e. The maximum absolute atomic E-state index is 9.29. The summed E-state index contributed by atoms with van der Waals surface area (Å²) < 4.78 is 0. The minimum atomic E-state index is 0.361. The van der Waals surface area contributed by atoms with Gasteiger partial charge in [0.05, 0.1) is 0 Å². The van der Waals surface area contributed by atoms with Gasteiger partial charge < -0.3 is 5.11 Å². The predicted molar refractivity (Wildman–Crippen MR) is 60.7 cm³/mol. The topological polar surface area (TPSA) is 23.5 Å². The van der Waals surface area contributed by atoms with Crippen LogP contribution in [0.4, 0.5) is 0 Å². The van der Waals surface area contributed by atoms with Gasteiger partial charge in [-0.2, -0.15) is 0 Å². The van der Waals surface area contributed by atoms with Crippen molar-refractivity contribution in [3.05, 3.63) is 29.8 Å². The Kier molecular flexibility index (Phi) is 3.08. The van der Waals surface area contributed by atoms with Gasteiger partial charge in [0.1, 0.15) is 5.75 Å². The number of rotatable bonds is 3. The molecule has 0 spiro atoms. The van der Waals surface area contributed by atoms with Crippen LogP contribution in [-0.2, 0) is 6.54 Å². The lowest BCUT2D eigenvalue weighted by atomic mass is 10.0. The number of likely N-dealkylation sites (tertiary alicyclic amines) is 1. The van der Waals surface area contributed by atoms with Crippen LogP contribution >= 0.6 is 15.9 Å². The van der Waals surface area contributed by atoms with Crippen LogP contribution in [0.3, 0.4) is 0 Å². The molecule has 1 fully saturated rings. The Morgan fingerprint density at radius 1 is 1.43 bits per heavy atom. The summed E-state index contributed by atoms with van der Waals surface area (Å²) in [7, 11) is 0. The molecule has 1 heterocycles. The SMILES string of the molecule is Oc1cccc(CN2CC(CBr)C2)c1. The second-order valence-corrected chi connectivity index (χ2v) is 4.53. The van der Waals surface area contributed by atoms with E-state index in [4.69, 9.17) is 0 Å². The average Bonchev–Trinajstić information content (AvgIpc) is 2.10. The predicted octanol–water partition coefficient (Wildman–Crippen LogP) is 2.22. The molecule has 0 unspecified atom stereocenters. The Morgan fingerprint density at radius 3 is 2.86 bits per heavy atom. The molecule has 0 aliphatic carbocycles. The van der Waals surface area contributed by atoms with Crippen LogP contribution < -0.4 is 0 Å². The van der Waals surface area contributed by atoms with E-state index in [0.717, 1.165) is 17.8 Å². The van der Waals surface area contributed by atoms with Crippen LogP contribution in [0.1, 0.15) is 5.56 Å². The van der Waals surface area contributed by atoms with Gasteiger partial charge in [0.15, 0.2) is 0 Å². The normalized spacial score (nSPS) is 18.1. The Balaban J connectivity index is 1.87. The standard InChI is InChI=1S/C11H14BrNO/c12-5-10-7-13(8-10)6-9-2-1-3-11(14)4-9/h1-4,10,14H,5-8H2. The summed E-state index contributed by atoms with van der Waals surface area (Å²) in [5.74, 6) is 1.17. The van der Waals surface area contributed by atoms with Crippen molar-refractivity contribution < 1.29 is 5.11 Å². The third kappa shape index (κ3) is 2.28. The summed E-state index contributed by atoms with van der Waals surface area (Å²) in [6.45, 7) is 3.29. The molecule has 0 saturated carbocycles. The number of nitrogens with zero attached hydrogens (tertiary/aromatic N) is 1. The summed E-state index contributed by atoms with van der Waals surface area (Å²) >= 11 is 3.48. The fourth-order valence-corrected chi connectivity index (χ4v) is 2.23. The second-order valence-electron chi connectivity index (χ2n) is 3.88.